The maximum Gasteiger partial charge on any atom is 0.392 e. The first kappa shape index (κ1) is 18.5. The number of carbonyl (C=O) groups is 2. The van der Waals surface area contributed by atoms with Gasteiger partial charge in [0.25, 0.3) is 11.8 Å². The number of aryl methyl sites for hydroxylation is 1. The van der Waals surface area contributed by atoms with Crippen LogP contribution in [0, 0.1) is 5.92 Å². The molecule has 1 unspecified atom stereocenters. The van der Waals surface area contributed by atoms with Crippen molar-refractivity contribution < 1.29 is 22.8 Å². The second-order valence-electron chi connectivity index (χ2n) is 7.18. The van der Waals surface area contributed by atoms with Gasteiger partial charge < -0.3 is 5.73 Å². The van der Waals surface area contributed by atoms with Gasteiger partial charge in [0, 0.05) is 30.9 Å². The fraction of sp³-hybridized carbons (Fsp3) is 0.529. The van der Waals surface area contributed by atoms with E-state index in [1.807, 2.05) is 0 Å². The largest absolute Gasteiger partial charge is 0.392 e. The number of carbonyl (C=O) groups excluding carboxylic acids is 2. The molecule has 0 spiro atoms. The van der Waals surface area contributed by atoms with Gasteiger partial charge in [-0.2, -0.15) is 23.4 Å². The van der Waals surface area contributed by atoms with E-state index in [2.05, 4.69) is 10.2 Å². The smallest absolute Gasteiger partial charge is 0.364 e. The van der Waals surface area contributed by atoms with Crippen molar-refractivity contribution in [1.82, 2.24) is 19.6 Å². The zero-order valence-corrected chi connectivity index (χ0v) is 15.1. The molecule has 28 heavy (non-hydrogen) atoms. The summed E-state index contributed by atoms with van der Waals surface area (Å²) in [4.78, 5) is 26.3. The third-order valence-corrected chi connectivity index (χ3v) is 5.56. The fourth-order valence-electron chi connectivity index (χ4n) is 4.09. The Morgan fingerprint density at radius 3 is 2.75 bits per heavy atom. The number of likely N-dealkylation sites (N-methyl/N-ethyl adjacent to an activating group) is 1. The molecule has 0 saturated heterocycles. The lowest BCUT2D eigenvalue weighted by Crippen LogP contribution is -2.35. The molecule has 2 N–H and O–H groups in total. The van der Waals surface area contributed by atoms with E-state index < -0.39 is 24.0 Å². The summed E-state index contributed by atoms with van der Waals surface area (Å²) in [6, 6.07) is 0.970. The molecule has 3 heterocycles. The van der Waals surface area contributed by atoms with Crippen LogP contribution < -0.4 is 10.6 Å². The van der Waals surface area contributed by atoms with E-state index in [1.54, 1.807) is 24.0 Å². The normalized spacial score (nSPS) is 22.6. The van der Waals surface area contributed by atoms with Gasteiger partial charge in [0.05, 0.1) is 12.1 Å². The van der Waals surface area contributed by atoms with Crippen LogP contribution in [-0.4, -0.2) is 44.6 Å². The van der Waals surface area contributed by atoms with Crippen molar-refractivity contribution in [2.75, 3.05) is 11.9 Å². The molecule has 2 aromatic rings. The molecule has 2 atom stereocenters. The van der Waals surface area contributed by atoms with E-state index >= 15 is 0 Å². The molecule has 0 saturated carbocycles. The average molecular weight is 396 g/mol. The van der Waals surface area contributed by atoms with Crippen LogP contribution >= 0.6 is 0 Å². The summed E-state index contributed by atoms with van der Waals surface area (Å²) >= 11 is 0. The van der Waals surface area contributed by atoms with Crippen LogP contribution in [0.1, 0.15) is 40.6 Å². The van der Waals surface area contributed by atoms with Crippen LogP contribution in [0.15, 0.2) is 12.3 Å². The fourth-order valence-corrected chi connectivity index (χ4v) is 4.09. The molecular weight excluding hydrogens is 377 g/mol. The monoisotopic (exact) mass is 396 g/mol. The van der Waals surface area contributed by atoms with Crippen LogP contribution in [0.4, 0.5) is 19.0 Å². The molecule has 0 aromatic carbocycles. The highest BCUT2D eigenvalue weighted by Gasteiger charge is 2.44. The van der Waals surface area contributed by atoms with E-state index in [9.17, 15) is 22.8 Å². The number of anilines is 1. The molecule has 4 rings (SSSR count). The van der Waals surface area contributed by atoms with Gasteiger partial charge in [0.2, 0.25) is 0 Å². The lowest BCUT2D eigenvalue weighted by Gasteiger charge is -2.27. The van der Waals surface area contributed by atoms with Crippen LogP contribution in [0.25, 0.3) is 0 Å². The summed E-state index contributed by atoms with van der Waals surface area (Å²) < 4.78 is 42.7. The zero-order chi connectivity index (χ0) is 20.2. The van der Waals surface area contributed by atoms with Gasteiger partial charge in [0.15, 0.2) is 5.69 Å². The Balaban J connectivity index is 1.74. The van der Waals surface area contributed by atoms with Crippen molar-refractivity contribution in [2.45, 2.75) is 44.4 Å². The van der Waals surface area contributed by atoms with Crippen LogP contribution in [-0.2, 0) is 24.2 Å². The molecule has 150 valence electrons. The highest BCUT2D eigenvalue weighted by Crippen LogP contribution is 2.39. The van der Waals surface area contributed by atoms with Gasteiger partial charge in [-0.05, 0) is 25.7 Å². The first-order valence-electron chi connectivity index (χ1n) is 8.94. The minimum Gasteiger partial charge on any atom is -0.364 e. The summed E-state index contributed by atoms with van der Waals surface area (Å²) in [5, 5.41) is 8.38. The summed E-state index contributed by atoms with van der Waals surface area (Å²) in [5.41, 5.74) is 5.89. The van der Waals surface area contributed by atoms with E-state index in [0.717, 1.165) is 0 Å². The quantitative estimate of drug-likeness (QED) is 0.831. The molecule has 0 fully saturated rings. The topological polar surface area (TPSA) is 99.0 Å². The summed E-state index contributed by atoms with van der Waals surface area (Å²) in [7, 11) is 1.61. The second-order valence-corrected chi connectivity index (χ2v) is 7.18. The Morgan fingerprint density at radius 1 is 1.32 bits per heavy atom. The number of alkyl halides is 3. The van der Waals surface area contributed by atoms with Crippen molar-refractivity contribution in [3.8, 4) is 0 Å². The van der Waals surface area contributed by atoms with Crippen molar-refractivity contribution in [2.24, 2.45) is 11.7 Å². The van der Waals surface area contributed by atoms with Crippen LogP contribution in [0.5, 0.6) is 0 Å². The van der Waals surface area contributed by atoms with Crippen molar-refractivity contribution in [1.29, 1.82) is 0 Å². The number of nitrogens with two attached hydrogens (primary N) is 1. The molecule has 0 bridgehead atoms. The van der Waals surface area contributed by atoms with E-state index in [-0.39, 0.29) is 36.4 Å². The Morgan fingerprint density at radius 2 is 2.07 bits per heavy atom. The van der Waals surface area contributed by atoms with Gasteiger partial charge in [-0.15, -0.1) is 0 Å². The maximum atomic E-state index is 13.2. The molecule has 1 aliphatic heterocycles. The summed E-state index contributed by atoms with van der Waals surface area (Å²) in [5.74, 6) is -2.08. The Labute approximate surface area is 158 Å². The molecule has 0 radical (unpaired) electrons. The predicted molar refractivity (Wildman–Crippen MR) is 91.6 cm³/mol. The minimum absolute atomic E-state index is 0.0812. The summed E-state index contributed by atoms with van der Waals surface area (Å²) in [6.07, 6.45) is -2.79. The third kappa shape index (κ3) is 2.85. The number of hydrogen-bond acceptors (Lipinski definition) is 4. The molecule has 8 nitrogen and oxygen atoms in total. The molecule has 11 heteroatoms. The van der Waals surface area contributed by atoms with Gasteiger partial charge in [-0.25, -0.2) is 4.68 Å². The number of aromatic nitrogens is 4. The third-order valence-electron chi connectivity index (χ3n) is 5.56. The highest BCUT2D eigenvalue weighted by molar-refractivity contribution is 5.96. The van der Waals surface area contributed by atoms with Crippen LogP contribution in [0.3, 0.4) is 0 Å². The number of halogens is 3. The number of hydrogen-bond donors (Lipinski definition) is 1. The Kier molecular flexibility index (Phi) is 4.20. The number of rotatable bonds is 2. The van der Waals surface area contributed by atoms with Crippen molar-refractivity contribution in [3.63, 3.8) is 0 Å². The summed E-state index contributed by atoms with van der Waals surface area (Å²) in [6.45, 7) is 0.439. The van der Waals surface area contributed by atoms with Crippen molar-refractivity contribution in [3.05, 3.63) is 29.2 Å². The number of fused-ring (bicyclic) bond motifs is 2. The van der Waals surface area contributed by atoms with Gasteiger partial charge in [-0.1, -0.05) is 0 Å². The number of amides is 2. The van der Waals surface area contributed by atoms with Crippen LogP contribution in [0.2, 0.25) is 0 Å². The lowest BCUT2D eigenvalue weighted by atomic mass is 9.85. The van der Waals surface area contributed by atoms with Gasteiger partial charge >= 0.3 is 6.18 Å². The average Bonchev–Trinajstić information content (AvgIpc) is 3.22. The van der Waals surface area contributed by atoms with E-state index in [4.69, 9.17) is 5.73 Å². The lowest BCUT2D eigenvalue weighted by molar-refractivity contribution is -0.177. The first-order chi connectivity index (χ1) is 13.2. The number of primary amides is 1. The Bertz CT molecular complexity index is 947. The van der Waals surface area contributed by atoms with E-state index in [0.29, 0.717) is 24.5 Å². The maximum absolute atomic E-state index is 13.2. The van der Waals surface area contributed by atoms with Gasteiger partial charge in [-0.3, -0.25) is 19.2 Å². The minimum atomic E-state index is -4.36. The molecule has 2 aliphatic rings. The highest BCUT2D eigenvalue weighted by atomic mass is 19.4. The van der Waals surface area contributed by atoms with Gasteiger partial charge in [0.1, 0.15) is 11.9 Å². The number of nitrogens with zero attached hydrogens (tertiary/aromatic N) is 5. The predicted octanol–water partition coefficient (Wildman–Crippen LogP) is 1.45. The Hall–Kier alpha value is -2.85. The molecule has 1 aliphatic carbocycles. The first-order valence-corrected chi connectivity index (χ1v) is 8.94. The van der Waals surface area contributed by atoms with Crippen molar-refractivity contribution >= 4 is 17.6 Å². The molecular formula is C17H19F3N6O2. The molecule has 2 aromatic heterocycles. The standard InChI is InChI=1S/C17H19F3N6O2/c1-24-13-4-6-22-25(13)7-5-12(16(24)28)26-11-3-2-9(17(18,19)20)8-10(11)14(23-26)15(21)27/h4,6,9,12H,2-3,5,7-8H2,1H3,(H2,21,27)/t9?,12-/m0/s1. The SMILES string of the molecule is CN1C(=O)[C@@H](n2nc(C(N)=O)c3c2CCC(C(F)(F)F)C3)CCn2nccc21. The zero-order valence-electron chi connectivity index (χ0n) is 15.1. The molecule has 2 amide bonds. The van der Waals surface area contributed by atoms with E-state index in [1.165, 1.54) is 9.58 Å². The second kappa shape index (κ2) is 6.35.